The molecule has 1 unspecified atom stereocenters. The van der Waals surface area contributed by atoms with E-state index in [2.05, 4.69) is 6.92 Å². The Labute approximate surface area is 143 Å². The van der Waals surface area contributed by atoms with Crippen molar-refractivity contribution >= 4 is 29.9 Å². The second-order valence-electron chi connectivity index (χ2n) is 6.69. The molecule has 0 radical (unpaired) electrons. The average Bonchev–Trinajstić information content (AvgIpc) is 2.93. The molecule has 2 amide bonds. The summed E-state index contributed by atoms with van der Waals surface area (Å²) in [7, 11) is 0. The fourth-order valence-corrected chi connectivity index (χ4v) is 3.31. The van der Waals surface area contributed by atoms with Crippen LogP contribution in [0, 0.1) is 5.41 Å². The SMILES string of the molecule is CC1(CN)CCN(C(=O)CN2C(=O)CCc3ccccc32)C1.Cl. The first-order valence-corrected chi connectivity index (χ1v) is 7.88. The number of benzene rings is 1. The molecule has 1 atom stereocenters. The lowest BCUT2D eigenvalue weighted by Crippen LogP contribution is -2.45. The summed E-state index contributed by atoms with van der Waals surface area (Å²) in [4.78, 5) is 28.3. The normalized spacial score (nSPS) is 23.5. The van der Waals surface area contributed by atoms with Crippen molar-refractivity contribution in [1.29, 1.82) is 0 Å². The van der Waals surface area contributed by atoms with Crippen molar-refractivity contribution in [3.63, 3.8) is 0 Å². The van der Waals surface area contributed by atoms with Crippen molar-refractivity contribution < 1.29 is 9.59 Å². The summed E-state index contributed by atoms with van der Waals surface area (Å²) >= 11 is 0. The molecule has 2 heterocycles. The van der Waals surface area contributed by atoms with Crippen LogP contribution in [0.3, 0.4) is 0 Å². The summed E-state index contributed by atoms with van der Waals surface area (Å²) < 4.78 is 0. The predicted octanol–water partition coefficient (Wildman–Crippen LogP) is 1.58. The van der Waals surface area contributed by atoms with Crippen molar-refractivity contribution in [2.45, 2.75) is 26.2 Å². The topological polar surface area (TPSA) is 66.6 Å². The molecule has 2 aliphatic rings. The van der Waals surface area contributed by atoms with E-state index in [9.17, 15) is 9.59 Å². The summed E-state index contributed by atoms with van der Waals surface area (Å²) in [5, 5.41) is 0. The van der Waals surface area contributed by atoms with E-state index < -0.39 is 0 Å². The second kappa shape index (κ2) is 6.89. The van der Waals surface area contributed by atoms with Crippen molar-refractivity contribution in [3.8, 4) is 0 Å². The smallest absolute Gasteiger partial charge is 0.242 e. The Morgan fingerprint density at radius 2 is 2.04 bits per heavy atom. The van der Waals surface area contributed by atoms with E-state index in [1.54, 1.807) is 4.90 Å². The molecule has 0 spiro atoms. The number of rotatable bonds is 3. The van der Waals surface area contributed by atoms with Gasteiger partial charge in [0.05, 0.1) is 0 Å². The molecule has 0 saturated carbocycles. The monoisotopic (exact) mass is 337 g/mol. The lowest BCUT2D eigenvalue weighted by Gasteiger charge is -2.30. The number of nitrogens with two attached hydrogens (primary N) is 1. The van der Waals surface area contributed by atoms with Gasteiger partial charge in [0.1, 0.15) is 6.54 Å². The summed E-state index contributed by atoms with van der Waals surface area (Å²) in [6.07, 6.45) is 2.17. The molecule has 2 aliphatic heterocycles. The molecule has 5 nitrogen and oxygen atoms in total. The zero-order valence-corrected chi connectivity index (χ0v) is 14.3. The van der Waals surface area contributed by atoms with Gasteiger partial charge in [0, 0.05) is 25.2 Å². The number of amides is 2. The molecule has 0 bridgehead atoms. The third-order valence-electron chi connectivity index (χ3n) is 4.89. The van der Waals surface area contributed by atoms with Crippen molar-refractivity contribution in [2.75, 3.05) is 31.1 Å². The molecule has 2 N–H and O–H groups in total. The molecule has 0 aromatic heterocycles. The molecule has 1 aromatic rings. The van der Waals surface area contributed by atoms with Gasteiger partial charge in [-0.25, -0.2) is 0 Å². The van der Waals surface area contributed by atoms with E-state index >= 15 is 0 Å². The lowest BCUT2D eigenvalue weighted by atomic mass is 9.90. The Hall–Kier alpha value is -1.59. The number of hydrogen-bond donors (Lipinski definition) is 1. The van der Waals surface area contributed by atoms with E-state index in [1.807, 2.05) is 29.2 Å². The highest BCUT2D eigenvalue weighted by Gasteiger charge is 2.36. The van der Waals surface area contributed by atoms with Gasteiger partial charge in [0.25, 0.3) is 0 Å². The number of para-hydroxylation sites is 1. The molecule has 1 fully saturated rings. The van der Waals surface area contributed by atoms with Crippen molar-refractivity contribution in [2.24, 2.45) is 11.1 Å². The third-order valence-corrected chi connectivity index (χ3v) is 4.89. The van der Waals surface area contributed by atoms with Gasteiger partial charge in [-0.1, -0.05) is 25.1 Å². The Balaban J connectivity index is 0.00000192. The fraction of sp³-hybridized carbons (Fsp3) is 0.529. The third kappa shape index (κ3) is 3.51. The van der Waals surface area contributed by atoms with E-state index in [1.165, 1.54) is 0 Å². The summed E-state index contributed by atoms with van der Waals surface area (Å²) in [5.74, 6) is 0.0510. The molecule has 0 aliphatic carbocycles. The van der Waals surface area contributed by atoms with Crippen LogP contribution >= 0.6 is 12.4 Å². The van der Waals surface area contributed by atoms with Crippen LogP contribution in [0.15, 0.2) is 24.3 Å². The summed E-state index contributed by atoms with van der Waals surface area (Å²) in [5.41, 5.74) is 7.83. The van der Waals surface area contributed by atoms with Gasteiger partial charge in [-0.05, 0) is 36.4 Å². The van der Waals surface area contributed by atoms with Gasteiger partial charge in [0.15, 0.2) is 0 Å². The van der Waals surface area contributed by atoms with Crippen molar-refractivity contribution in [1.82, 2.24) is 4.90 Å². The van der Waals surface area contributed by atoms with Crippen LogP contribution in [-0.4, -0.2) is 42.9 Å². The van der Waals surface area contributed by atoms with Crippen LogP contribution in [0.2, 0.25) is 0 Å². The number of nitrogens with zero attached hydrogens (tertiary/aromatic N) is 2. The molecule has 126 valence electrons. The highest BCUT2D eigenvalue weighted by atomic mass is 35.5. The number of halogens is 1. The Bertz CT molecular complexity index is 607. The van der Waals surface area contributed by atoms with Gasteiger partial charge in [0.2, 0.25) is 11.8 Å². The van der Waals surface area contributed by atoms with E-state index in [-0.39, 0.29) is 36.2 Å². The van der Waals surface area contributed by atoms with Gasteiger partial charge >= 0.3 is 0 Å². The van der Waals surface area contributed by atoms with Gasteiger partial charge < -0.3 is 15.5 Å². The van der Waals surface area contributed by atoms with Gasteiger partial charge in [-0.3, -0.25) is 9.59 Å². The van der Waals surface area contributed by atoms with Crippen LogP contribution in [0.5, 0.6) is 0 Å². The number of carbonyl (C=O) groups excluding carboxylic acids is 2. The number of carbonyl (C=O) groups is 2. The first-order valence-electron chi connectivity index (χ1n) is 7.88. The molecule has 6 heteroatoms. The summed E-state index contributed by atoms with van der Waals surface area (Å²) in [6, 6.07) is 7.84. The minimum Gasteiger partial charge on any atom is -0.341 e. The quantitative estimate of drug-likeness (QED) is 0.910. The number of fused-ring (bicyclic) bond motifs is 1. The minimum absolute atomic E-state index is 0. The summed E-state index contributed by atoms with van der Waals surface area (Å²) in [6.45, 7) is 4.25. The molecule has 23 heavy (non-hydrogen) atoms. The molecular formula is C17H24ClN3O2. The number of anilines is 1. The van der Waals surface area contributed by atoms with E-state index in [4.69, 9.17) is 5.73 Å². The molecular weight excluding hydrogens is 314 g/mol. The molecule has 1 saturated heterocycles. The standard InChI is InChI=1S/C17H23N3O2.ClH/c1-17(11-18)8-9-19(12-17)16(22)10-20-14-5-3-2-4-13(14)6-7-15(20)21;/h2-5H,6-12,18H2,1H3;1H. The largest absolute Gasteiger partial charge is 0.341 e. The van der Waals surface area contributed by atoms with Crippen LogP contribution < -0.4 is 10.6 Å². The average molecular weight is 338 g/mol. The van der Waals surface area contributed by atoms with Gasteiger partial charge in [-0.15, -0.1) is 12.4 Å². The first kappa shape index (κ1) is 17.8. The maximum absolute atomic E-state index is 12.6. The Morgan fingerprint density at radius 1 is 1.30 bits per heavy atom. The van der Waals surface area contributed by atoms with Crippen LogP contribution in [0.25, 0.3) is 0 Å². The number of hydrogen-bond acceptors (Lipinski definition) is 3. The van der Waals surface area contributed by atoms with E-state index in [0.717, 1.165) is 30.6 Å². The maximum Gasteiger partial charge on any atom is 0.242 e. The van der Waals surface area contributed by atoms with Crippen molar-refractivity contribution in [3.05, 3.63) is 29.8 Å². The van der Waals surface area contributed by atoms with Crippen LogP contribution in [0.1, 0.15) is 25.3 Å². The Morgan fingerprint density at radius 3 is 2.74 bits per heavy atom. The van der Waals surface area contributed by atoms with Crippen LogP contribution in [0.4, 0.5) is 5.69 Å². The fourth-order valence-electron chi connectivity index (χ4n) is 3.31. The molecule has 3 rings (SSSR count). The maximum atomic E-state index is 12.6. The number of likely N-dealkylation sites (tertiary alicyclic amines) is 1. The first-order chi connectivity index (χ1) is 10.5. The minimum atomic E-state index is 0. The highest BCUT2D eigenvalue weighted by Crippen LogP contribution is 2.30. The Kier molecular flexibility index (Phi) is 5.32. The lowest BCUT2D eigenvalue weighted by molar-refractivity contribution is -0.131. The number of aryl methyl sites for hydroxylation is 1. The van der Waals surface area contributed by atoms with Gasteiger partial charge in [-0.2, -0.15) is 0 Å². The zero-order chi connectivity index (χ0) is 15.7. The zero-order valence-electron chi connectivity index (χ0n) is 13.5. The van der Waals surface area contributed by atoms with E-state index in [0.29, 0.717) is 19.5 Å². The second-order valence-corrected chi connectivity index (χ2v) is 6.69. The highest BCUT2D eigenvalue weighted by molar-refractivity contribution is 6.01. The van der Waals surface area contributed by atoms with Crippen LogP contribution in [-0.2, 0) is 16.0 Å². The predicted molar refractivity (Wildman–Crippen MR) is 92.7 cm³/mol. The molecule has 1 aromatic carbocycles.